The van der Waals surface area contributed by atoms with Gasteiger partial charge in [-0.15, -0.1) is 0 Å². The highest BCUT2D eigenvalue weighted by Crippen LogP contribution is 2.33. The molecule has 0 aliphatic heterocycles. The van der Waals surface area contributed by atoms with Crippen LogP contribution in [0.4, 0.5) is 0 Å². The van der Waals surface area contributed by atoms with E-state index < -0.39 is 16.2 Å². The van der Waals surface area contributed by atoms with Gasteiger partial charge in [0.25, 0.3) is 0 Å². The van der Waals surface area contributed by atoms with Gasteiger partial charge in [0, 0.05) is 5.75 Å². The molecule has 0 aromatic carbocycles. The Hall–Kier alpha value is -0.260. The molecule has 0 aliphatic carbocycles. The molecule has 4 N–H and O–H groups in total. The highest BCUT2D eigenvalue weighted by atomic mass is 32.3. The Balaban J connectivity index is 3.49. The van der Waals surface area contributed by atoms with Crippen LogP contribution in [0.25, 0.3) is 0 Å². The van der Waals surface area contributed by atoms with Crippen LogP contribution in [0.2, 0.25) is 0 Å². The van der Waals surface area contributed by atoms with Crippen LogP contribution in [0, 0.1) is 0 Å². The summed E-state index contributed by atoms with van der Waals surface area (Å²) in [5.74, 6) is 0.622. The lowest BCUT2D eigenvalue weighted by atomic mass is 10.4. The van der Waals surface area contributed by atoms with Crippen molar-refractivity contribution in [2.24, 2.45) is 11.5 Å². The van der Waals surface area contributed by atoms with Gasteiger partial charge in [-0.25, -0.2) is 10.0 Å². The molecule has 0 fully saturated rings. The summed E-state index contributed by atoms with van der Waals surface area (Å²) in [4.78, 5) is 11.0. The number of nitrogens with two attached hydrogens (primary N) is 2. The van der Waals surface area contributed by atoms with Gasteiger partial charge in [0.15, 0.2) is 0 Å². The average Bonchev–Trinajstić information content (AvgIpc) is 1.81. The molecule has 13 heavy (non-hydrogen) atoms. The van der Waals surface area contributed by atoms with Crippen molar-refractivity contribution in [1.29, 1.82) is 0 Å². The zero-order valence-corrected chi connectivity index (χ0v) is 9.39. The maximum Gasteiger partial charge on any atom is 0.308 e. The van der Waals surface area contributed by atoms with Gasteiger partial charge in [0.2, 0.25) is 0 Å². The maximum absolute atomic E-state index is 11.0. The summed E-state index contributed by atoms with van der Waals surface area (Å²) >= 11 is 0. The fourth-order valence-corrected chi connectivity index (χ4v) is 1.24. The first kappa shape index (κ1) is 12.7. The van der Waals surface area contributed by atoms with Gasteiger partial charge in [-0.05, 0) is 18.8 Å². The van der Waals surface area contributed by atoms with Crippen LogP contribution in [0.1, 0.15) is 6.42 Å². The third-order valence-electron chi connectivity index (χ3n) is 1.36. The van der Waals surface area contributed by atoms with Crippen LogP contribution in [0.3, 0.4) is 0 Å². The summed E-state index contributed by atoms with van der Waals surface area (Å²) in [7, 11) is -0.588. The topological polar surface area (TPSA) is 78.3 Å². The first-order valence-corrected chi connectivity index (χ1v) is 7.17. The quantitative estimate of drug-likeness (QED) is 0.487. The number of hydrogen-bond donors (Lipinski definition) is 2. The van der Waals surface area contributed by atoms with Gasteiger partial charge in [-0.2, -0.15) is 0 Å². The fourth-order valence-electron chi connectivity index (χ4n) is 0.657. The summed E-state index contributed by atoms with van der Waals surface area (Å²) in [6, 6.07) is 0. The van der Waals surface area contributed by atoms with Gasteiger partial charge in [0.05, 0.1) is 19.2 Å². The van der Waals surface area contributed by atoms with Gasteiger partial charge in [-0.3, -0.25) is 4.79 Å². The summed E-state index contributed by atoms with van der Waals surface area (Å²) < 4.78 is 4.95. The molecule has 80 valence electrons. The van der Waals surface area contributed by atoms with Crippen molar-refractivity contribution in [3.05, 3.63) is 0 Å². The van der Waals surface area contributed by atoms with Crippen LogP contribution in [0.5, 0.6) is 0 Å². The van der Waals surface area contributed by atoms with E-state index in [0.29, 0.717) is 6.61 Å². The number of carbonyl (C=O) groups excluding carboxylic acids is 1. The van der Waals surface area contributed by atoms with Gasteiger partial charge < -0.3 is 16.2 Å². The lowest BCUT2D eigenvalue weighted by molar-refractivity contribution is -0.143. The Labute approximate surface area is 81.3 Å². The molecule has 0 heterocycles. The van der Waals surface area contributed by atoms with E-state index in [1.54, 1.807) is 0 Å². The predicted molar refractivity (Wildman–Crippen MR) is 58.0 cm³/mol. The van der Waals surface area contributed by atoms with Crippen molar-refractivity contribution >= 4 is 16.0 Å². The normalized spacial score (nSPS) is 13.1. The lowest BCUT2D eigenvalue weighted by Crippen LogP contribution is -2.33. The van der Waals surface area contributed by atoms with Crippen LogP contribution >= 0.6 is 10.0 Å². The smallest absolute Gasteiger partial charge is 0.308 e. The average molecular weight is 208 g/mol. The lowest BCUT2D eigenvalue weighted by Gasteiger charge is -2.24. The zero-order valence-electron chi connectivity index (χ0n) is 8.58. The molecule has 5 heteroatoms. The summed E-state index contributed by atoms with van der Waals surface area (Å²) in [6.07, 6.45) is 6.02. The Kier molecular flexibility index (Phi) is 5.36. The standard InChI is InChI=1S/C8H20N2O2S/c1-13(2,3)5-4-12-8(11)6-7(9)10/h7H,4-6,9-10H2,1-3H3. The minimum Gasteiger partial charge on any atom is -0.465 e. The Morgan fingerprint density at radius 1 is 1.38 bits per heavy atom. The van der Waals surface area contributed by atoms with Crippen molar-refractivity contribution in [2.45, 2.75) is 12.6 Å². The second-order valence-corrected chi connectivity index (χ2v) is 8.47. The molecule has 0 atom stereocenters. The molecule has 0 bridgehead atoms. The van der Waals surface area contributed by atoms with E-state index >= 15 is 0 Å². The first-order chi connectivity index (χ1) is 5.81. The van der Waals surface area contributed by atoms with E-state index in [9.17, 15) is 4.79 Å². The molecule has 0 unspecified atom stereocenters. The van der Waals surface area contributed by atoms with Crippen molar-refractivity contribution in [1.82, 2.24) is 0 Å². The van der Waals surface area contributed by atoms with Crippen molar-refractivity contribution in [3.63, 3.8) is 0 Å². The second-order valence-electron chi connectivity index (χ2n) is 3.88. The molecular weight excluding hydrogens is 188 g/mol. The minimum atomic E-state index is -0.602. The molecule has 0 saturated carbocycles. The fraction of sp³-hybridized carbons (Fsp3) is 0.875. The Bertz CT molecular complexity index is 166. The third kappa shape index (κ3) is 9.66. The third-order valence-corrected chi connectivity index (χ3v) is 2.75. The molecule has 0 aliphatic rings. The first-order valence-electron chi connectivity index (χ1n) is 4.14. The second kappa shape index (κ2) is 5.47. The highest BCUT2D eigenvalue weighted by Gasteiger charge is 2.08. The number of rotatable bonds is 5. The molecule has 4 nitrogen and oxygen atoms in total. The highest BCUT2D eigenvalue weighted by molar-refractivity contribution is 8.32. The van der Waals surface area contributed by atoms with E-state index in [2.05, 4.69) is 18.8 Å². The minimum absolute atomic E-state index is 0.0967. The van der Waals surface area contributed by atoms with Crippen molar-refractivity contribution < 1.29 is 9.53 Å². The van der Waals surface area contributed by atoms with Crippen LogP contribution < -0.4 is 11.5 Å². The molecule has 0 radical (unpaired) electrons. The largest absolute Gasteiger partial charge is 0.465 e. The predicted octanol–water partition coefficient (Wildman–Crippen LogP) is -0.143. The molecule has 0 saturated heterocycles. The van der Waals surface area contributed by atoms with E-state index in [0.717, 1.165) is 5.75 Å². The van der Waals surface area contributed by atoms with Crippen molar-refractivity contribution in [2.75, 3.05) is 31.1 Å². The number of esters is 1. The number of hydrogen-bond acceptors (Lipinski definition) is 4. The van der Waals surface area contributed by atoms with E-state index in [1.165, 1.54) is 0 Å². The van der Waals surface area contributed by atoms with Crippen LogP contribution in [-0.4, -0.2) is 43.3 Å². The zero-order chi connectivity index (χ0) is 10.5. The SMILES string of the molecule is CS(C)(C)CCOC(=O)CC(N)N. The Morgan fingerprint density at radius 3 is 2.31 bits per heavy atom. The summed E-state index contributed by atoms with van der Waals surface area (Å²) in [5.41, 5.74) is 10.5. The summed E-state index contributed by atoms with van der Waals surface area (Å²) in [5, 5.41) is 0. The van der Waals surface area contributed by atoms with Crippen LogP contribution in [0.15, 0.2) is 0 Å². The van der Waals surface area contributed by atoms with Gasteiger partial charge in [0.1, 0.15) is 0 Å². The van der Waals surface area contributed by atoms with Crippen molar-refractivity contribution in [3.8, 4) is 0 Å². The molecule has 0 amide bonds. The number of ether oxygens (including phenoxy) is 1. The molecular formula is C8H20N2O2S. The molecule has 0 aromatic rings. The van der Waals surface area contributed by atoms with E-state index in [1.807, 2.05) is 0 Å². The summed E-state index contributed by atoms with van der Waals surface area (Å²) in [6.45, 7) is 0.477. The monoisotopic (exact) mass is 208 g/mol. The number of carbonyl (C=O) groups is 1. The van der Waals surface area contributed by atoms with Crippen LogP contribution in [-0.2, 0) is 9.53 Å². The Morgan fingerprint density at radius 2 is 1.92 bits per heavy atom. The van der Waals surface area contributed by atoms with E-state index in [-0.39, 0.29) is 12.4 Å². The van der Waals surface area contributed by atoms with Gasteiger partial charge in [-0.1, -0.05) is 0 Å². The molecule has 0 aromatic heterocycles. The van der Waals surface area contributed by atoms with E-state index in [4.69, 9.17) is 16.2 Å². The maximum atomic E-state index is 11.0. The molecule has 0 spiro atoms. The van der Waals surface area contributed by atoms with Gasteiger partial charge >= 0.3 is 5.97 Å². The molecule has 0 rings (SSSR count).